The largest absolute Gasteiger partial charge is 0 e. The number of hydrogen-bond donors (Lipinski definition) is 0. The maximum Gasteiger partial charge on any atom is 0 e. The minimum absolute atomic E-state index is 0. The van der Waals surface area contributed by atoms with Gasteiger partial charge in [-0.2, -0.15) is 0 Å². The number of rotatable bonds is 0. The van der Waals surface area contributed by atoms with Gasteiger partial charge >= 0.3 is 0 Å². The molecule has 0 unspecified atom stereocenters. The standard InChI is InChI=1S/Eu.5Pt. The molecule has 0 aromatic rings. The average Bonchev–Trinajstić information content (AvgIpc) is 0. The molecule has 6 heteroatoms. The van der Waals surface area contributed by atoms with E-state index in [0.717, 1.165) is 0 Å². The minimum Gasteiger partial charge on any atom is 0 e. The van der Waals surface area contributed by atoms with Crippen molar-refractivity contribution in [3.05, 3.63) is 0 Å². The monoisotopic (exact) mass is 1130 g/mol. The summed E-state index contributed by atoms with van der Waals surface area (Å²) in [5.74, 6) is 0. The fourth-order valence-electron chi connectivity index (χ4n) is 0. The summed E-state index contributed by atoms with van der Waals surface area (Å²) in [5, 5.41) is 0. The molecule has 0 bridgehead atoms. The molecule has 0 aromatic carbocycles. The maximum atomic E-state index is 0. The third-order valence-electron chi connectivity index (χ3n) is 0. The SMILES string of the molecule is [Eu].[Pt].[Pt].[Pt].[Pt].[Pt]. The summed E-state index contributed by atoms with van der Waals surface area (Å²) in [6, 6.07) is 0. The van der Waals surface area contributed by atoms with Gasteiger partial charge in [0, 0.05) is 155 Å². The third kappa shape index (κ3) is 23.0. The molecule has 0 spiro atoms. The van der Waals surface area contributed by atoms with Gasteiger partial charge in [0.25, 0.3) is 0 Å². The van der Waals surface area contributed by atoms with Gasteiger partial charge in [0.05, 0.1) is 0 Å². The molecule has 0 saturated heterocycles. The van der Waals surface area contributed by atoms with E-state index in [1.54, 1.807) is 0 Å². The Labute approximate surface area is 150 Å². The van der Waals surface area contributed by atoms with Crippen molar-refractivity contribution in [3.8, 4) is 0 Å². The zero-order valence-corrected chi connectivity index (χ0v) is 15.7. The molecular weight excluding hydrogens is 1130 g/mol. The van der Waals surface area contributed by atoms with Crippen LogP contribution in [-0.2, 0) is 105 Å². The fraction of sp³-hybridized carbons (Fsp3) is 0. The van der Waals surface area contributed by atoms with Gasteiger partial charge in [-0.1, -0.05) is 0 Å². The first-order chi connectivity index (χ1) is 0. The van der Waals surface area contributed by atoms with E-state index in [1.807, 2.05) is 0 Å². The fourth-order valence-corrected chi connectivity index (χ4v) is 0. The predicted molar refractivity (Wildman–Crippen MR) is 0 cm³/mol. The van der Waals surface area contributed by atoms with Gasteiger partial charge in [0.1, 0.15) is 0 Å². The van der Waals surface area contributed by atoms with E-state index >= 15 is 0 Å². The van der Waals surface area contributed by atoms with Gasteiger partial charge in [-0.05, 0) is 0 Å². The molecule has 0 fully saturated rings. The van der Waals surface area contributed by atoms with Crippen molar-refractivity contribution in [2.24, 2.45) is 0 Å². The second kappa shape index (κ2) is 32.3. The Morgan fingerprint density at radius 2 is 0.333 bits per heavy atom. The van der Waals surface area contributed by atoms with Gasteiger partial charge in [0.2, 0.25) is 0 Å². The summed E-state index contributed by atoms with van der Waals surface area (Å²) in [6.07, 6.45) is 0. The molecule has 0 aliphatic carbocycles. The van der Waals surface area contributed by atoms with E-state index in [-0.39, 0.29) is 155 Å². The van der Waals surface area contributed by atoms with Crippen LogP contribution >= 0.6 is 0 Å². The van der Waals surface area contributed by atoms with Crippen molar-refractivity contribution in [2.75, 3.05) is 0 Å². The summed E-state index contributed by atoms with van der Waals surface area (Å²) in [4.78, 5) is 0. The second-order valence-corrected chi connectivity index (χ2v) is 0. The summed E-state index contributed by atoms with van der Waals surface area (Å²) in [6.45, 7) is 0. The van der Waals surface area contributed by atoms with Crippen molar-refractivity contribution in [2.45, 2.75) is 0 Å². The van der Waals surface area contributed by atoms with Crippen LogP contribution in [-0.4, -0.2) is 0 Å². The normalized spacial score (nSPS) is 0. The molecule has 0 amide bonds. The van der Waals surface area contributed by atoms with Gasteiger partial charge < -0.3 is 0 Å². The van der Waals surface area contributed by atoms with Crippen LogP contribution in [0.5, 0.6) is 0 Å². The molecule has 0 aliphatic rings. The topological polar surface area (TPSA) is 0 Å². The van der Waals surface area contributed by atoms with Crippen molar-refractivity contribution in [3.63, 3.8) is 0 Å². The molecule has 6 heavy (non-hydrogen) atoms. The van der Waals surface area contributed by atoms with Crippen LogP contribution in [0, 0.1) is 49.4 Å². The van der Waals surface area contributed by atoms with E-state index in [2.05, 4.69) is 0 Å². The van der Waals surface area contributed by atoms with Crippen LogP contribution in [0.25, 0.3) is 0 Å². The first kappa shape index (κ1) is 43.9. The molecule has 0 atom stereocenters. The molecule has 0 nitrogen and oxygen atoms in total. The Hall–Kier alpha value is 5.03. The third-order valence-corrected chi connectivity index (χ3v) is 0. The molecule has 0 aliphatic heterocycles. The minimum atomic E-state index is 0. The molecule has 0 aromatic heterocycles. The molecule has 0 saturated carbocycles. The first-order valence-corrected chi connectivity index (χ1v) is 0. The van der Waals surface area contributed by atoms with E-state index in [0.29, 0.717) is 0 Å². The van der Waals surface area contributed by atoms with Gasteiger partial charge in [-0.25, -0.2) is 0 Å². The summed E-state index contributed by atoms with van der Waals surface area (Å²) < 4.78 is 0. The Kier molecular flexibility index (Phi) is 236. The van der Waals surface area contributed by atoms with Crippen molar-refractivity contribution in [1.82, 2.24) is 0 Å². The Bertz CT molecular complexity index is 3.90. The van der Waals surface area contributed by atoms with Gasteiger partial charge in [-0.15, -0.1) is 0 Å². The molecule has 0 N–H and O–H groups in total. The van der Waals surface area contributed by atoms with Gasteiger partial charge in [0.15, 0.2) is 0 Å². The summed E-state index contributed by atoms with van der Waals surface area (Å²) in [7, 11) is 0. The summed E-state index contributed by atoms with van der Waals surface area (Å²) >= 11 is 0. The van der Waals surface area contributed by atoms with Crippen molar-refractivity contribution >= 4 is 0 Å². The van der Waals surface area contributed by atoms with Gasteiger partial charge in [-0.3, -0.25) is 0 Å². The van der Waals surface area contributed by atoms with Crippen LogP contribution in [0.2, 0.25) is 0 Å². The van der Waals surface area contributed by atoms with E-state index < -0.39 is 0 Å². The van der Waals surface area contributed by atoms with Crippen LogP contribution in [0.3, 0.4) is 0 Å². The maximum absolute atomic E-state index is 0. The first-order valence-electron chi connectivity index (χ1n) is 0. The molecular formula is EuPt5. The van der Waals surface area contributed by atoms with E-state index in [9.17, 15) is 0 Å². The van der Waals surface area contributed by atoms with Crippen LogP contribution in [0.15, 0.2) is 0 Å². The second-order valence-electron chi connectivity index (χ2n) is 0. The Morgan fingerprint density at radius 3 is 0.333 bits per heavy atom. The van der Waals surface area contributed by atoms with Crippen LogP contribution < -0.4 is 0 Å². The molecule has 1 radical (unpaired) electrons. The quantitative estimate of drug-likeness (QED) is 0.321. The van der Waals surface area contributed by atoms with E-state index in [4.69, 9.17) is 0 Å². The van der Waals surface area contributed by atoms with Crippen molar-refractivity contribution < 1.29 is 155 Å². The van der Waals surface area contributed by atoms with E-state index in [1.165, 1.54) is 0 Å². The van der Waals surface area contributed by atoms with Crippen LogP contribution in [0.1, 0.15) is 0 Å². The Balaban J connectivity index is 0. The molecule has 0 heterocycles. The molecule has 0 rings (SSSR count). The molecule has 57 valence electrons. The number of hydrogen-bond acceptors (Lipinski definition) is 0. The van der Waals surface area contributed by atoms with Crippen molar-refractivity contribution in [1.29, 1.82) is 0 Å². The smallest absolute Gasteiger partial charge is 0 e. The summed E-state index contributed by atoms with van der Waals surface area (Å²) in [5.41, 5.74) is 0. The zero-order chi connectivity index (χ0) is 0. The van der Waals surface area contributed by atoms with Crippen LogP contribution in [0.4, 0.5) is 0 Å². The zero-order valence-electron chi connectivity index (χ0n) is 1.96. The average molecular weight is 1130 g/mol. The Morgan fingerprint density at radius 1 is 0.333 bits per heavy atom. The predicted octanol–water partition coefficient (Wildman–Crippen LogP) is -0.0125.